The molecule has 0 bridgehead atoms. The van der Waals surface area contributed by atoms with Gasteiger partial charge in [-0.2, -0.15) is 5.26 Å². The minimum atomic E-state index is -0.958. The standard InChI is InChI=1S/C13H21N3O4/c1-4-16(6-9(2)5-14)13(19)15(3)11-8-20-7-10(11)12(17)18/h9-11H,4,6-8H2,1-3H3,(H,17,18). The van der Waals surface area contributed by atoms with Gasteiger partial charge in [-0.1, -0.05) is 0 Å². The van der Waals surface area contributed by atoms with Crippen molar-refractivity contribution in [2.75, 3.05) is 33.4 Å². The lowest BCUT2D eigenvalue weighted by Crippen LogP contribution is -2.50. The molecule has 0 spiro atoms. The Morgan fingerprint density at radius 2 is 2.15 bits per heavy atom. The zero-order chi connectivity index (χ0) is 15.3. The minimum absolute atomic E-state index is 0.123. The number of hydrogen-bond donors (Lipinski definition) is 1. The second kappa shape index (κ2) is 7.10. The average molecular weight is 283 g/mol. The molecule has 2 amide bonds. The van der Waals surface area contributed by atoms with Crippen LogP contribution >= 0.6 is 0 Å². The third-order valence-electron chi connectivity index (χ3n) is 3.53. The molecule has 20 heavy (non-hydrogen) atoms. The van der Waals surface area contributed by atoms with Gasteiger partial charge in [0.1, 0.15) is 5.92 Å². The first-order chi connectivity index (χ1) is 9.42. The summed E-state index contributed by atoms with van der Waals surface area (Å²) in [6.45, 7) is 4.73. The molecule has 7 nitrogen and oxygen atoms in total. The van der Waals surface area contributed by atoms with Crippen LogP contribution in [0.3, 0.4) is 0 Å². The first-order valence-electron chi connectivity index (χ1n) is 6.64. The minimum Gasteiger partial charge on any atom is -0.481 e. The van der Waals surface area contributed by atoms with Crippen LogP contribution in [0, 0.1) is 23.2 Å². The van der Waals surface area contributed by atoms with E-state index in [9.17, 15) is 9.59 Å². The first kappa shape index (κ1) is 16.2. The van der Waals surface area contributed by atoms with E-state index in [1.54, 1.807) is 18.9 Å². The Morgan fingerprint density at radius 1 is 1.50 bits per heavy atom. The van der Waals surface area contributed by atoms with Crippen molar-refractivity contribution in [1.82, 2.24) is 9.80 Å². The Bertz CT molecular complexity index is 407. The Morgan fingerprint density at radius 3 is 2.65 bits per heavy atom. The van der Waals surface area contributed by atoms with Gasteiger partial charge in [0.25, 0.3) is 0 Å². The summed E-state index contributed by atoms with van der Waals surface area (Å²) in [6, 6.07) is 1.36. The third-order valence-corrected chi connectivity index (χ3v) is 3.53. The van der Waals surface area contributed by atoms with Crippen LogP contribution in [-0.4, -0.2) is 66.3 Å². The third kappa shape index (κ3) is 3.61. The maximum atomic E-state index is 12.4. The highest BCUT2D eigenvalue weighted by Crippen LogP contribution is 2.20. The highest BCUT2D eigenvalue weighted by atomic mass is 16.5. The van der Waals surface area contributed by atoms with Crippen molar-refractivity contribution < 1.29 is 19.4 Å². The van der Waals surface area contributed by atoms with Crippen LogP contribution in [0.2, 0.25) is 0 Å². The molecule has 0 saturated carbocycles. The molecule has 7 heteroatoms. The number of nitriles is 1. The van der Waals surface area contributed by atoms with Crippen molar-refractivity contribution in [3.63, 3.8) is 0 Å². The molecule has 1 heterocycles. The van der Waals surface area contributed by atoms with Crippen LogP contribution in [-0.2, 0) is 9.53 Å². The van der Waals surface area contributed by atoms with Gasteiger partial charge in [0.2, 0.25) is 0 Å². The summed E-state index contributed by atoms with van der Waals surface area (Å²) in [6.07, 6.45) is 0. The molecule has 3 unspecified atom stereocenters. The van der Waals surface area contributed by atoms with E-state index in [0.29, 0.717) is 13.1 Å². The number of nitrogens with zero attached hydrogens (tertiary/aromatic N) is 3. The summed E-state index contributed by atoms with van der Waals surface area (Å²) in [5.41, 5.74) is 0. The molecule has 0 aromatic rings. The molecule has 0 aliphatic carbocycles. The zero-order valence-corrected chi connectivity index (χ0v) is 12.1. The molecule has 1 aliphatic rings. The summed E-state index contributed by atoms with van der Waals surface area (Å²) in [4.78, 5) is 26.5. The number of amides is 2. The van der Waals surface area contributed by atoms with Gasteiger partial charge >= 0.3 is 12.0 Å². The Labute approximate surface area is 118 Å². The van der Waals surface area contributed by atoms with E-state index in [2.05, 4.69) is 6.07 Å². The molecule has 3 atom stereocenters. The van der Waals surface area contributed by atoms with Gasteiger partial charge in [0.05, 0.1) is 31.2 Å². The molecule has 1 rings (SSSR count). The van der Waals surface area contributed by atoms with Crippen LogP contribution in [0.5, 0.6) is 0 Å². The highest BCUT2D eigenvalue weighted by molar-refractivity contribution is 5.77. The number of likely N-dealkylation sites (N-methyl/N-ethyl adjacent to an activating group) is 1. The monoisotopic (exact) mass is 283 g/mol. The van der Waals surface area contributed by atoms with Crippen LogP contribution in [0.4, 0.5) is 4.79 Å². The molecule has 1 N–H and O–H groups in total. The van der Waals surface area contributed by atoms with E-state index in [4.69, 9.17) is 15.1 Å². The number of aliphatic carboxylic acids is 1. The van der Waals surface area contributed by atoms with Gasteiger partial charge in [-0.15, -0.1) is 0 Å². The molecule has 1 aliphatic heterocycles. The van der Waals surface area contributed by atoms with Gasteiger partial charge in [-0.3, -0.25) is 4.79 Å². The molecule has 112 valence electrons. The summed E-state index contributed by atoms with van der Waals surface area (Å²) in [7, 11) is 1.58. The lowest BCUT2D eigenvalue weighted by atomic mass is 10.0. The Kier molecular flexibility index (Phi) is 5.77. The normalized spacial score (nSPS) is 22.9. The number of hydrogen-bond acceptors (Lipinski definition) is 4. The van der Waals surface area contributed by atoms with Gasteiger partial charge < -0.3 is 19.6 Å². The number of carboxylic acid groups (broad SMARTS) is 1. The topological polar surface area (TPSA) is 93.9 Å². The number of carboxylic acids is 1. The van der Waals surface area contributed by atoms with Gasteiger partial charge in [-0.25, -0.2) is 4.79 Å². The second-order valence-corrected chi connectivity index (χ2v) is 5.01. The fourth-order valence-electron chi connectivity index (χ4n) is 2.24. The molecule has 0 aromatic carbocycles. The molecule has 0 radical (unpaired) electrons. The largest absolute Gasteiger partial charge is 0.481 e. The van der Waals surface area contributed by atoms with Crippen molar-refractivity contribution in [2.24, 2.45) is 11.8 Å². The lowest BCUT2D eigenvalue weighted by molar-refractivity contribution is -0.142. The van der Waals surface area contributed by atoms with Crippen LogP contribution in [0.25, 0.3) is 0 Å². The first-order valence-corrected chi connectivity index (χ1v) is 6.64. The SMILES string of the molecule is CCN(CC(C)C#N)C(=O)N(C)C1COCC1C(=O)O. The van der Waals surface area contributed by atoms with Gasteiger partial charge in [-0.05, 0) is 13.8 Å². The average Bonchev–Trinajstić information content (AvgIpc) is 2.92. The summed E-state index contributed by atoms with van der Waals surface area (Å²) >= 11 is 0. The molecular formula is C13H21N3O4. The predicted molar refractivity (Wildman–Crippen MR) is 70.9 cm³/mol. The molecule has 1 saturated heterocycles. The number of carbonyl (C=O) groups excluding carboxylic acids is 1. The van der Waals surface area contributed by atoms with Crippen molar-refractivity contribution in [2.45, 2.75) is 19.9 Å². The quantitative estimate of drug-likeness (QED) is 0.798. The van der Waals surface area contributed by atoms with E-state index in [0.717, 1.165) is 0 Å². The fourth-order valence-corrected chi connectivity index (χ4v) is 2.24. The van der Waals surface area contributed by atoms with Crippen molar-refractivity contribution in [1.29, 1.82) is 5.26 Å². The summed E-state index contributed by atoms with van der Waals surface area (Å²) < 4.78 is 5.17. The fraction of sp³-hybridized carbons (Fsp3) is 0.769. The van der Waals surface area contributed by atoms with Crippen molar-refractivity contribution in [3.05, 3.63) is 0 Å². The zero-order valence-electron chi connectivity index (χ0n) is 12.1. The van der Waals surface area contributed by atoms with Crippen LogP contribution in [0.1, 0.15) is 13.8 Å². The maximum Gasteiger partial charge on any atom is 0.320 e. The molecule has 1 fully saturated rings. The van der Waals surface area contributed by atoms with E-state index >= 15 is 0 Å². The van der Waals surface area contributed by atoms with Crippen LogP contribution in [0.15, 0.2) is 0 Å². The number of carbonyl (C=O) groups is 2. The van der Waals surface area contributed by atoms with E-state index < -0.39 is 17.9 Å². The number of rotatable bonds is 5. The smallest absolute Gasteiger partial charge is 0.320 e. The highest BCUT2D eigenvalue weighted by Gasteiger charge is 2.39. The maximum absolute atomic E-state index is 12.4. The van der Waals surface area contributed by atoms with E-state index in [-0.39, 0.29) is 25.2 Å². The van der Waals surface area contributed by atoms with Gasteiger partial charge in [0, 0.05) is 20.1 Å². The van der Waals surface area contributed by atoms with E-state index in [1.807, 2.05) is 6.92 Å². The number of ether oxygens (including phenoxy) is 1. The van der Waals surface area contributed by atoms with Gasteiger partial charge in [0.15, 0.2) is 0 Å². The predicted octanol–water partition coefficient (Wildman–Crippen LogP) is 0.619. The van der Waals surface area contributed by atoms with Crippen molar-refractivity contribution >= 4 is 12.0 Å². The summed E-state index contributed by atoms with van der Waals surface area (Å²) in [5.74, 6) is -1.92. The summed E-state index contributed by atoms with van der Waals surface area (Å²) in [5, 5.41) is 17.9. The molecular weight excluding hydrogens is 262 g/mol. The Balaban J connectivity index is 2.74. The van der Waals surface area contributed by atoms with Crippen LogP contribution < -0.4 is 0 Å². The van der Waals surface area contributed by atoms with Crippen molar-refractivity contribution in [3.8, 4) is 6.07 Å². The second-order valence-electron chi connectivity index (χ2n) is 5.01. The molecule has 0 aromatic heterocycles. The Hall–Kier alpha value is -1.81. The van der Waals surface area contributed by atoms with E-state index in [1.165, 1.54) is 4.90 Å². The lowest BCUT2D eigenvalue weighted by Gasteiger charge is -2.32. The number of urea groups is 1.